The molecule has 0 bridgehead atoms. The molecule has 0 amide bonds. The number of carbonyl (C=O) groups is 1. The van der Waals surface area contributed by atoms with E-state index in [0.717, 1.165) is 37.2 Å². The zero-order chi connectivity index (χ0) is 19.1. The molecule has 1 aliphatic heterocycles. The van der Waals surface area contributed by atoms with Gasteiger partial charge in [-0.15, -0.1) is 0 Å². The third-order valence-corrected chi connectivity index (χ3v) is 4.91. The number of rotatable bonds is 7. The molecule has 0 saturated carbocycles. The van der Waals surface area contributed by atoms with E-state index >= 15 is 0 Å². The second-order valence-corrected chi connectivity index (χ2v) is 7.03. The number of carbonyl (C=O) groups excluding carboxylic acids is 1. The number of anilines is 1. The van der Waals surface area contributed by atoms with Crippen LogP contribution in [0, 0.1) is 6.92 Å². The van der Waals surface area contributed by atoms with Crippen LogP contribution in [0.1, 0.15) is 54.1 Å². The SMILES string of the molecule is CCCCOC(=O)c1ccc(N=Cc2ccc(N3CCCC3)cc2C)cc1. The van der Waals surface area contributed by atoms with E-state index < -0.39 is 0 Å². The first-order valence-corrected chi connectivity index (χ1v) is 9.84. The molecule has 0 unspecified atom stereocenters. The zero-order valence-electron chi connectivity index (χ0n) is 16.3. The highest BCUT2D eigenvalue weighted by atomic mass is 16.5. The molecule has 4 nitrogen and oxygen atoms in total. The lowest BCUT2D eigenvalue weighted by atomic mass is 10.1. The number of hydrogen-bond acceptors (Lipinski definition) is 4. The highest BCUT2D eigenvalue weighted by molar-refractivity contribution is 5.90. The Hall–Kier alpha value is -2.62. The van der Waals surface area contributed by atoms with Crippen LogP contribution in [0.4, 0.5) is 11.4 Å². The highest BCUT2D eigenvalue weighted by Crippen LogP contribution is 2.23. The van der Waals surface area contributed by atoms with Crippen LogP contribution in [-0.4, -0.2) is 31.9 Å². The molecule has 2 aromatic carbocycles. The van der Waals surface area contributed by atoms with E-state index in [0.29, 0.717) is 12.2 Å². The maximum absolute atomic E-state index is 11.9. The number of esters is 1. The molecule has 4 heteroatoms. The van der Waals surface area contributed by atoms with Crippen molar-refractivity contribution in [1.29, 1.82) is 0 Å². The maximum atomic E-state index is 11.9. The average molecular weight is 364 g/mol. The molecule has 2 aromatic rings. The van der Waals surface area contributed by atoms with Crippen molar-refractivity contribution >= 4 is 23.6 Å². The Labute approximate surface area is 161 Å². The van der Waals surface area contributed by atoms with E-state index in [1.807, 2.05) is 18.3 Å². The van der Waals surface area contributed by atoms with E-state index in [1.54, 1.807) is 12.1 Å². The van der Waals surface area contributed by atoms with Gasteiger partial charge in [0, 0.05) is 25.0 Å². The second-order valence-electron chi connectivity index (χ2n) is 7.03. The fraction of sp³-hybridized carbons (Fsp3) is 0.391. The van der Waals surface area contributed by atoms with E-state index in [9.17, 15) is 4.79 Å². The smallest absolute Gasteiger partial charge is 0.338 e. The lowest BCUT2D eigenvalue weighted by molar-refractivity contribution is 0.0500. The van der Waals surface area contributed by atoms with Gasteiger partial charge in [-0.3, -0.25) is 4.99 Å². The molecule has 1 aliphatic rings. The number of ether oxygens (including phenoxy) is 1. The Morgan fingerprint density at radius 1 is 1.15 bits per heavy atom. The lowest BCUT2D eigenvalue weighted by Crippen LogP contribution is -2.17. The van der Waals surface area contributed by atoms with Gasteiger partial charge < -0.3 is 9.64 Å². The highest BCUT2D eigenvalue weighted by Gasteiger charge is 2.12. The number of nitrogens with zero attached hydrogens (tertiary/aromatic N) is 2. The van der Waals surface area contributed by atoms with Crippen molar-refractivity contribution in [1.82, 2.24) is 0 Å². The predicted octanol–water partition coefficient (Wildman–Crippen LogP) is 5.30. The fourth-order valence-electron chi connectivity index (χ4n) is 3.20. The van der Waals surface area contributed by atoms with Gasteiger partial charge in [0.15, 0.2) is 0 Å². The summed E-state index contributed by atoms with van der Waals surface area (Å²) in [6.07, 6.45) is 6.36. The van der Waals surface area contributed by atoms with Gasteiger partial charge in [0.25, 0.3) is 0 Å². The van der Waals surface area contributed by atoms with Crippen molar-refractivity contribution < 1.29 is 9.53 Å². The monoisotopic (exact) mass is 364 g/mol. The molecule has 1 fully saturated rings. The van der Waals surface area contributed by atoms with E-state index in [-0.39, 0.29) is 5.97 Å². The molecule has 0 atom stereocenters. The number of hydrogen-bond donors (Lipinski definition) is 0. The molecular weight excluding hydrogens is 336 g/mol. The van der Waals surface area contributed by atoms with Crippen LogP contribution in [0.15, 0.2) is 47.5 Å². The summed E-state index contributed by atoms with van der Waals surface area (Å²) < 4.78 is 5.23. The van der Waals surface area contributed by atoms with Crippen LogP contribution in [0.5, 0.6) is 0 Å². The second kappa shape index (κ2) is 9.36. The molecule has 0 radical (unpaired) electrons. The third-order valence-electron chi connectivity index (χ3n) is 4.91. The van der Waals surface area contributed by atoms with Gasteiger partial charge in [-0.1, -0.05) is 19.4 Å². The van der Waals surface area contributed by atoms with E-state index in [1.165, 1.54) is 24.1 Å². The minimum Gasteiger partial charge on any atom is -0.462 e. The van der Waals surface area contributed by atoms with Crippen molar-refractivity contribution in [3.8, 4) is 0 Å². The summed E-state index contributed by atoms with van der Waals surface area (Å²) >= 11 is 0. The molecule has 1 heterocycles. The Morgan fingerprint density at radius 3 is 2.56 bits per heavy atom. The standard InChI is InChI=1S/C23H28N2O2/c1-3-4-15-27-23(26)19-7-10-21(11-8-19)24-17-20-9-12-22(16-18(20)2)25-13-5-6-14-25/h7-12,16-17H,3-6,13-15H2,1-2H3. The first-order chi connectivity index (χ1) is 13.2. The minimum atomic E-state index is -0.271. The van der Waals surface area contributed by atoms with Crippen molar-refractivity contribution in [2.45, 2.75) is 39.5 Å². The van der Waals surface area contributed by atoms with E-state index in [2.05, 4.69) is 41.9 Å². The van der Waals surface area contributed by atoms with Crippen molar-refractivity contribution in [3.63, 3.8) is 0 Å². The number of unbranched alkanes of at least 4 members (excludes halogenated alkanes) is 1. The number of aryl methyl sites for hydroxylation is 1. The van der Waals surface area contributed by atoms with Crippen LogP contribution < -0.4 is 4.90 Å². The van der Waals surface area contributed by atoms with Gasteiger partial charge in [-0.25, -0.2) is 4.79 Å². The average Bonchev–Trinajstić information content (AvgIpc) is 3.22. The van der Waals surface area contributed by atoms with Crippen molar-refractivity contribution in [3.05, 3.63) is 59.2 Å². The van der Waals surface area contributed by atoms with Crippen LogP contribution in [0.3, 0.4) is 0 Å². The van der Waals surface area contributed by atoms with Crippen LogP contribution in [-0.2, 0) is 4.74 Å². The molecule has 0 aromatic heterocycles. The maximum Gasteiger partial charge on any atom is 0.338 e. The Kier molecular flexibility index (Phi) is 6.64. The van der Waals surface area contributed by atoms with Gasteiger partial charge in [-0.2, -0.15) is 0 Å². The molecule has 0 aliphatic carbocycles. The summed E-state index contributed by atoms with van der Waals surface area (Å²) in [5.74, 6) is -0.271. The van der Waals surface area contributed by atoms with Gasteiger partial charge >= 0.3 is 5.97 Å². The number of aliphatic imine (C=N–C) groups is 1. The van der Waals surface area contributed by atoms with Gasteiger partial charge in [0.1, 0.15) is 0 Å². The van der Waals surface area contributed by atoms with Gasteiger partial charge in [0.2, 0.25) is 0 Å². The van der Waals surface area contributed by atoms with Crippen LogP contribution >= 0.6 is 0 Å². The van der Waals surface area contributed by atoms with Crippen LogP contribution in [0.25, 0.3) is 0 Å². The number of benzene rings is 2. The lowest BCUT2D eigenvalue weighted by Gasteiger charge is -2.18. The molecule has 3 rings (SSSR count). The Morgan fingerprint density at radius 2 is 1.89 bits per heavy atom. The molecule has 27 heavy (non-hydrogen) atoms. The summed E-state index contributed by atoms with van der Waals surface area (Å²) in [4.78, 5) is 18.9. The first-order valence-electron chi connectivity index (χ1n) is 9.84. The summed E-state index contributed by atoms with van der Waals surface area (Å²) in [5.41, 5.74) is 5.02. The summed E-state index contributed by atoms with van der Waals surface area (Å²) in [6.45, 7) is 6.97. The topological polar surface area (TPSA) is 41.9 Å². The predicted molar refractivity (Wildman–Crippen MR) is 112 cm³/mol. The molecule has 0 spiro atoms. The zero-order valence-corrected chi connectivity index (χ0v) is 16.3. The van der Waals surface area contributed by atoms with Crippen LogP contribution in [0.2, 0.25) is 0 Å². The minimum absolute atomic E-state index is 0.271. The molecule has 0 N–H and O–H groups in total. The molecule has 142 valence electrons. The summed E-state index contributed by atoms with van der Waals surface area (Å²) in [5, 5.41) is 0. The fourth-order valence-corrected chi connectivity index (χ4v) is 3.20. The van der Waals surface area contributed by atoms with Crippen molar-refractivity contribution in [2.24, 2.45) is 4.99 Å². The molecular formula is C23H28N2O2. The van der Waals surface area contributed by atoms with Gasteiger partial charge in [-0.05, 0) is 73.7 Å². The quantitative estimate of drug-likeness (QED) is 0.380. The molecule has 1 saturated heterocycles. The first kappa shape index (κ1) is 19.2. The Balaban J connectivity index is 1.62. The van der Waals surface area contributed by atoms with E-state index in [4.69, 9.17) is 4.74 Å². The largest absolute Gasteiger partial charge is 0.462 e. The summed E-state index contributed by atoms with van der Waals surface area (Å²) in [7, 11) is 0. The third kappa shape index (κ3) is 5.19. The summed E-state index contributed by atoms with van der Waals surface area (Å²) in [6, 6.07) is 13.8. The normalized spacial score (nSPS) is 14.1. The van der Waals surface area contributed by atoms with Crippen molar-refractivity contribution in [2.75, 3.05) is 24.6 Å². The Bertz CT molecular complexity index is 791. The van der Waals surface area contributed by atoms with Gasteiger partial charge in [0.05, 0.1) is 17.9 Å².